The van der Waals surface area contributed by atoms with Gasteiger partial charge in [0.2, 0.25) is 5.91 Å². The third-order valence-electron chi connectivity index (χ3n) is 4.36. The van der Waals surface area contributed by atoms with E-state index in [-0.39, 0.29) is 5.91 Å². The number of nitrogens with zero attached hydrogens (tertiary/aromatic N) is 2. The third-order valence-corrected chi connectivity index (χ3v) is 5.19. The lowest BCUT2D eigenvalue weighted by molar-refractivity contribution is -0.117. The van der Waals surface area contributed by atoms with Crippen molar-refractivity contribution in [3.05, 3.63) is 40.3 Å². The number of ether oxygens (including phenoxy) is 2. The molecule has 1 amide bonds. The van der Waals surface area contributed by atoms with Crippen LogP contribution in [0.4, 0.5) is 5.00 Å². The Hall–Kier alpha value is -2.56. The highest BCUT2D eigenvalue weighted by molar-refractivity contribution is 7.14. The van der Waals surface area contributed by atoms with Crippen LogP contribution in [0.25, 0.3) is 0 Å². The molecule has 1 aromatic carbocycles. The van der Waals surface area contributed by atoms with Crippen molar-refractivity contribution in [2.24, 2.45) is 0 Å². The first-order chi connectivity index (χ1) is 13.1. The van der Waals surface area contributed by atoms with Crippen LogP contribution in [0.1, 0.15) is 30.5 Å². The summed E-state index contributed by atoms with van der Waals surface area (Å²) in [5.74, 6) is 1.43. The fraction of sp³-hybridized carbons (Fsp3) is 0.400. The van der Waals surface area contributed by atoms with E-state index in [1.807, 2.05) is 19.9 Å². The highest BCUT2D eigenvalue weighted by Crippen LogP contribution is 2.34. The summed E-state index contributed by atoms with van der Waals surface area (Å²) in [7, 11) is 0. The van der Waals surface area contributed by atoms with Crippen LogP contribution in [0, 0.1) is 11.3 Å². The highest BCUT2D eigenvalue weighted by Gasteiger charge is 2.21. The number of amides is 1. The number of hydrogen-bond donors (Lipinski definition) is 1. The van der Waals surface area contributed by atoms with Crippen LogP contribution in [0.3, 0.4) is 0 Å². The molecule has 2 aromatic rings. The summed E-state index contributed by atoms with van der Waals surface area (Å²) in [4.78, 5) is 14.5. The van der Waals surface area contributed by atoms with Gasteiger partial charge in [-0.25, -0.2) is 0 Å². The molecule has 0 fully saturated rings. The van der Waals surface area contributed by atoms with Gasteiger partial charge in [0, 0.05) is 13.1 Å². The number of carbonyl (C=O) groups is 1. The molecule has 142 valence electrons. The second kappa shape index (κ2) is 8.89. The normalized spacial score (nSPS) is 13.5. The molecule has 0 spiro atoms. The van der Waals surface area contributed by atoms with Gasteiger partial charge >= 0.3 is 0 Å². The minimum absolute atomic E-state index is 0.103. The molecule has 0 atom stereocenters. The minimum atomic E-state index is -0.103. The number of anilines is 1. The van der Waals surface area contributed by atoms with Gasteiger partial charge in [0.25, 0.3) is 0 Å². The standard InChI is InChI=1S/C20H23N3O3S/c1-3-25-17-9-14-5-7-23(12-16(14)10-18(17)26-4-2)13-19(24)22-20-15(11-21)6-8-27-20/h6,8-10H,3-5,7,12-13H2,1-2H3,(H,22,24). The highest BCUT2D eigenvalue weighted by atomic mass is 32.1. The largest absolute Gasteiger partial charge is 0.490 e. The number of nitriles is 1. The molecule has 1 aliphatic heterocycles. The van der Waals surface area contributed by atoms with Crippen molar-refractivity contribution < 1.29 is 14.3 Å². The van der Waals surface area contributed by atoms with Gasteiger partial charge in [-0.2, -0.15) is 5.26 Å². The van der Waals surface area contributed by atoms with Crippen molar-refractivity contribution in [3.8, 4) is 17.6 Å². The van der Waals surface area contributed by atoms with Gasteiger partial charge in [-0.05, 0) is 55.0 Å². The van der Waals surface area contributed by atoms with Gasteiger partial charge in [0.05, 0.1) is 25.3 Å². The molecule has 1 N–H and O–H groups in total. The first kappa shape index (κ1) is 19.2. The van der Waals surface area contributed by atoms with Gasteiger partial charge in [0.15, 0.2) is 11.5 Å². The summed E-state index contributed by atoms with van der Waals surface area (Å²) < 4.78 is 11.4. The zero-order chi connectivity index (χ0) is 19.2. The molecule has 0 aliphatic carbocycles. The van der Waals surface area contributed by atoms with Gasteiger partial charge in [0.1, 0.15) is 11.1 Å². The molecule has 6 nitrogen and oxygen atoms in total. The fourth-order valence-corrected chi connectivity index (χ4v) is 3.91. The summed E-state index contributed by atoms with van der Waals surface area (Å²) in [6.45, 7) is 6.86. The molecule has 2 heterocycles. The molecule has 0 saturated heterocycles. The van der Waals surface area contributed by atoms with E-state index in [9.17, 15) is 4.79 Å². The summed E-state index contributed by atoms with van der Waals surface area (Å²) in [6, 6.07) is 7.89. The molecule has 3 rings (SSSR count). The second-order valence-electron chi connectivity index (χ2n) is 6.22. The number of carbonyl (C=O) groups excluding carboxylic acids is 1. The Kier molecular flexibility index (Phi) is 6.32. The van der Waals surface area contributed by atoms with E-state index < -0.39 is 0 Å². The first-order valence-corrected chi connectivity index (χ1v) is 9.93. The third kappa shape index (κ3) is 4.59. The molecule has 7 heteroatoms. The summed E-state index contributed by atoms with van der Waals surface area (Å²) >= 11 is 1.36. The summed E-state index contributed by atoms with van der Waals surface area (Å²) in [5, 5.41) is 14.3. The van der Waals surface area contributed by atoms with Crippen molar-refractivity contribution in [3.63, 3.8) is 0 Å². The van der Waals surface area contributed by atoms with Crippen molar-refractivity contribution in [1.82, 2.24) is 4.90 Å². The predicted octanol–water partition coefficient (Wildman–Crippen LogP) is 3.41. The Bertz CT molecular complexity index is 857. The number of fused-ring (bicyclic) bond motifs is 1. The summed E-state index contributed by atoms with van der Waals surface area (Å²) in [5.41, 5.74) is 2.90. The van der Waals surface area contributed by atoms with E-state index in [0.717, 1.165) is 30.0 Å². The minimum Gasteiger partial charge on any atom is -0.490 e. The maximum absolute atomic E-state index is 12.4. The number of nitrogens with one attached hydrogen (secondary N) is 1. The Morgan fingerprint density at radius 2 is 1.96 bits per heavy atom. The smallest absolute Gasteiger partial charge is 0.239 e. The molecular formula is C20H23N3O3S. The van der Waals surface area contributed by atoms with Crippen LogP contribution in [0.2, 0.25) is 0 Å². The van der Waals surface area contributed by atoms with Crippen molar-refractivity contribution in [2.45, 2.75) is 26.8 Å². The quantitative estimate of drug-likeness (QED) is 0.790. The zero-order valence-electron chi connectivity index (χ0n) is 15.6. The van der Waals surface area contributed by atoms with Crippen LogP contribution in [-0.4, -0.2) is 37.1 Å². The Morgan fingerprint density at radius 1 is 1.26 bits per heavy atom. The van der Waals surface area contributed by atoms with E-state index in [2.05, 4.69) is 22.4 Å². The van der Waals surface area contributed by atoms with E-state index in [4.69, 9.17) is 14.7 Å². The topological polar surface area (TPSA) is 74.6 Å². The second-order valence-corrected chi connectivity index (χ2v) is 7.13. The Labute approximate surface area is 163 Å². The van der Waals surface area contributed by atoms with Gasteiger partial charge in [-0.3, -0.25) is 9.69 Å². The lowest BCUT2D eigenvalue weighted by Gasteiger charge is -2.29. The van der Waals surface area contributed by atoms with E-state index >= 15 is 0 Å². The van der Waals surface area contributed by atoms with Crippen molar-refractivity contribution in [2.75, 3.05) is 31.6 Å². The predicted molar refractivity (Wildman–Crippen MR) is 105 cm³/mol. The molecule has 1 aliphatic rings. The van der Waals surface area contributed by atoms with Crippen LogP contribution in [-0.2, 0) is 17.8 Å². The van der Waals surface area contributed by atoms with Gasteiger partial charge in [-0.1, -0.05) is 0 Å². The number of thiophene rings is 1. The molecule has 0 unspecified atom stereocenters. The number of hydrogen-bond acceptors (Lipinski definition) is 6. The molecule has 1 aromatic heterocycles. The SMILES string of the molecule is CCOc1cc2c(cc1OCC)CN(CC(=O)Nc1sccc1C#N)CC2. The number of rotatable bonds is 7. The molecule has 0 radical (unpaired) electrons. The van der Waals surface area contributed by atoms with Crippen LogP contribution >= 0.6 is 11.3 Å². The average Bonchev–Trinajstić information content (AvgIpc) is 3.09. The Morgan fingerprint density at radius 3 is 2.63 bits per heavy atom. The number of benzene rings is 1. The maximum atomic E-state index is 12.4. The fourth-order valence-electron chi connectivity index (χ4n) is 3.16. The Balaban J connectivity index is 1.67. The van der Waals surface area contributed by atoms with Crippen LogP contribution < -0.4 is 14.8 Å². The van der Waals surface area contributed by atoms with Gasteiger partial charge < -0.3 is 14.8 Å². The first-order valence-electron chi connectivity index (χ1n) is 9.05. The molecule has 0 saturated carbocycles. The molecular weight excluding hydrogens is 362 g/mol. The monoisotopic (exact) mass is 385 g/mol. The van der Waals surface area contributed by atoms with Gasteiger partial charge in [-0.15, -0.1) is 11.3 Å². The van der Waals surface area contributed by atoms with Crippen LogP contribution in [0.15, 0.2) is 23.6 Å². The lowest BCUT2D eigenvalue weighted by atomic mass is 9.99. The molecule has 27 heavy (non-hydrogen) atoms. The van der Waals surface area contributed by atoms with Crippen LogP contribution in [0.5, 0.6) is 11.5 Å². The summed E-state index contributed by atoms with van der Waals surface area (Å²) in [6.07, 6.45) is 0.859. The lowest BCUT2D eigenvalue weighted by Crippen LogP contribution is -2.37. The molecule has 0 bridgehead atoms. The van der Waals surface area contributed by atoms with Crippen molar-refractivity contribution >= 4 is 22.2 Å². The van der Waals surface area contributed by atoms with Crippen molar-refractivity contribution in [1.29, 1.82) is 5.26 Å². The van der Waals surface area contributed by atoms with E-state index in [1.54, 1.807) is 11.4 Å². The maximum Gasteiger partial charge on any atom is 0.239 e. The van der Waals surface area contributed by atoms with E-state index in [1.165, 1.54) is 16.9 Å². The zero-order valence-corrected chi connectivity index (χ0v) is 16.4. The van der Waals surface area contributed by atoms with E-state index in [0.29, 0.717) is 36.9 Å². The average molecular weight is 385 g/mol.